The van der Waals surface area contributed by atoms with Crippen LogP contribution in [-0.4, -0.2) is 22.0 Å². The van der Waals surface area contributed by atoms with Crippen LogP contribution in [0, 0.1) is 13.8 Å². The number of rotatable bonds is 5. The second-order valence-electron chi connectivity index (χ2n) is 4.90. The number of aryl methyl sites for hydroxylation is 2. The van der Waals surface area contributed by atoms with E-state index in [-0.39, 0.29) is 12.7 Å². The molecule has 0 amide bonds. The molecule has 0 spiro atoms. The smallest absolute Gasteiger partial charge is 0.340 e. The minimum absolute atomic E-state index is 0.0105. The van der Waals surface area contributed by atoms with Crippen LogP contribution >= 0.6 is 0 Å². The largest absolute Gasteiger partial charge is 0.489 e. The van der Waals surface area contributed by atoms with Crippen LogP contribution in [0.3, 0.4) is 0 Å². The van der Waals surface area contributed by atoms with E-state index >= 15 is 0 Å². The van der Waals surface area contributed by atoms with E-state index in [1.54, 1.807) is 12.3 Å². The van der Waals surface area contributed by atoms with E-state index in [2.05, 4.69) is 9.97 Å². The number of carbonyl (C=O) groups excluding carboxylic acids is 1. The zero-order chi connectivity index (χ0) is 15.4. The molecular formula is C15H18N2O4. The van der Waals surface area contributed by atoms with Crippen molar-refractivity contribution in [2.24, 2.45) is 0 Å². The van der Waals surface area contributed by atoms with E-state index in [4.69, 9.17) is 13.9 Å². The molecule has 0 aliphatic rings. The van der Waals surface area contributed by atoms with E-state index in [0.717, 1.165) is 11.5 Å². The van der Waals surface area contributed by atoms with Crippen molar-refractivity contribution < 1.29 is 18.7 Å². The minimum Gasteiger partial charge on any atom is -0.489 e. The Hall–Kier alpha value is -2.37. The summed E-state index contributed by atoms with van der Waals surface area (Å²) in [7, 11) is 0. The Kier molecular flexibility index (Phi) is 4.57. The van der Waals surface area contributed by atoms with Crippen LogP contribution in [0.15, 0.2) is 22.9 Å². The minimum atomic E-state index is -0.495. The number of esters is 1. The van der Waals surface area contributed by atoms with Crippen molar-refractivity contribution in [3.8, 4) is 5.75 Å². The van der Waals surface area contributed by atoms with Crippen LogP contribution in [0.1, 0.15) is 41.6 Å². The van der Waals surface area contributed by atoms with Gasteiger partial charge in [0.1, 0.15) is 11.5 Å². The lowest BCUT2D eigenvalue weighted by molar-refractivity contribution is 0.0435. The maximum atomic E-state index is 12.0. The predicted molar refractivity (Wildman–Crippen MR) is 75.1 cm³/mol. The highest BCUT2D eigenvalue weighted by molar-refractivity contribution is 5.89. The first kappa shape index (κ1) is 15.0. The first-order chi connectivity index (χ1) is 9.95. The lowest BCUT2D eigenvalue weighted by Crippen LogP contribution is -2.09. The summed E-state index contributed by atoms with van der Waals surface area (Å²) in [5.74, 6) is 1.13. The molecule has 6 heteroatoms. The lowest BCUT2D eigenvalue weighted by atomic mass is 10.3. The molecule has 2 aromatic heterocycles. The van der Waals surface area contributed by atoms with E-state index in [9.17, 15) is 4.79 Å². The lowest BCUT2D eigenvalue weighted by Gasteiger charge is -2.09. The second kappa shape index (κ2) is 6.39. The monoisotopic (exact) mass is 290 g/mol. The van der Waals surface area contributed by atoms with Crippen molar-refractivity contribution >= 4 is 5.97 Å². The summed E-state index contributed by atoms with van der Waals surface area (Å²) in [5, 5.41) is 0. The number of ether oxygens (including phenoxy) is 2. The molecule has 21 heavy (non-hydrogen) atoms. The van der Waals surface area contributed by atoms with Gasteiger partial charge in [-0.25, -0.2) is 9.78 Å². The topological polar surface area (TPSA) is 74.5 Å². The zero-order valence-electron chi connectivity index (χ0n) is 12.5. The molecule has 0 bridgehead atoms. The summed E-state index contributed by atoms with van der Waals surface area (Å²) in [6.45, 7) is 7.43. The molecule has 2 rings (SSSR count). The standard InChI is InChI=1S/C15H18N2O4/c1-9(2)20-13-5-12(6-16-7-13)15(18)19-8-14-17-10(3)11(4)21-14/h5-7,9H,8H2,1-4H3. The SMILES string of the molecule is Cc1nc(COC(=O)c2cncc(OC(C)C)c2)oc1C. The first-order valence-electron chi connectivity index (χ1n) is 6.67. The molecular weight excluding hydrogens is 272 g/mol. The fraction of sp³-hybridized carbons (Fsp3) is 0.400. The van der Waals surface area contributed by atoms with Gasteiger partial charge in [-0.1, -0.05) is 0 Å². The van der Waals surface area contributed by atoms with E-state index < -0.39 is 5.97 Å². The molecule has 0 aromatic carbocycles. The number of aromatic nitrogens is 2. The highest BCUT2D eigenvalue weighted by atomic mass is 16.5. The molecule has 0 fully saturated rings. The van der Waals surface area contributed by atoms with Gasteiger partial charge in [-0.05, 0) is 33.8 Å². The molecule has 0 atom stereocenters. The number of pyridine rings is 1. The maximum absolute atomic E-state index is 12.0. The van der Waals surface area contributed by atoms with Gasteiger partial charge in [0.25, 0.3) is 0 Å². The van der Waals surface area contributed by atoms with Crippen molar-refractivity contribution in [3.63, 3.8) is 0 Å². The van der Waals surface area contributed by atoms with Crippen LogP contribution in [0.4, 0.5) is 0 Å². The number of hydrogen-bond acceptors (Lipinski definition) is 6. The number of nitrogens with zero attached hydrogens (tertiary/aromatic N) is 2. The van der Waals surface area contributed by atoms with Gasteiger partial charge in [0.15, 0.2) is 6.61 Å². The van der Waals surface area contributed by atoms with Crippen molar-refractivity contribution in [2.75, 3.05) is 0 Å². The molecule has 2 aromatic rings. The van der Waals surface area contributed by atoms with Gasteiger partial charge >= 0.3 is 5.97 Å². The molecule has 0 unspecified atom stereocenters. The Balaban J connectivity index is 1.99. The van der Waals surface area contributed by atoms with E-state index in [1.807, 2.05) is 27.7 Å². The molecule has 0 saturated carbocycles. The average Bonchev–Trinajstić information content (AvgIpc) is 2.75. The highest BCUT2D eigenvalue weighted by Crippen LogP contribution is 2.15. The fourth-order valence-electron chi connectivity index (χ4n) is 1.68. The first-order valence-corrected chi connectivity index (χ1v) is 6.67. The van der Waals surface area contributed by atoms with Crippen molar-refractivity contribution in [1.29, 1.82) is 0 Å². The van der Waals surface area contributed by atoms with Crippen molar-refractivity contribution in [2.45, 2.75) is 40.4 Å². The van der Waals surface area contributed by atoms with Crippen molar-refractivity contribution in [3.05, 3.63) is 41.4 Å². The molecule has 112 valence electrons. The second-order valence-corrected chi connectivity index (χ2v) is 4.90. The fourth-order valence-corrected chi connectivity index (χ4v) is 1.68. The third-order valence-electron chi connectivity index (χ3n) is 2.72. The Morgan fingerprint density at radius 3 is 2.71 bits per heavy atom. The maximum Gasteiger partial charge on any atom is 0.340 e. The Bertz CT molecular complexity index is 615. The summed E-state index contributed by atoms with van der Waals surface area (Å²) < 4.78 is 16.0. The van der Waals surface area contributed by atoms with Crippen molar-refractivity contribution in [1.82, 2.24) is 9.97 Å². The van der Waals surface area contributed by atoms with E-state index in [1.165, 1.54) is 6.20 Å². The van der Waals surface area contributed by atoms with Crippen LogP contribution in [0.2, 0.25) is 0 Å². The third-order valence-corrected chi connectivity index (χ3v) is 2.72. The summed E-state index contributed by atoms with van der Waals surface area (Å²) in [6.07, 6.45) is 3.00. The summed E-state index contributed by atoms with van der Waals surface area (Å²) in [4.78, 5) is 20.1. The van der Waals surface area contributed by atoms with Gasteiger partial charge in [0, 0.05) is 6.20 Å². The summed E-state index contributed by atoms with van der Waals surface area (Å²) in [6, 6.07) is 1.60. The number of oxazole rings is 1. The zero-order valence-corrected chi connectivity index (χ0v) is 12.5. The Morgan fingerprint density at radius 2 is 2.10 bits per heavy atom. The van der Waals surface area contributed by atoms with Crippen LogP contribution in [-0.2, 0) is 11.3 Å². The average molecular weight is 290 g/mol. The molecule has 0 N–H and O–H groups in total. The van der Waals surface area contributed by atoms with Crippen LogP contribution in [0.25, 0.3) is 0 Å². The highest BCUT2D eigenvalue weighted by Gasteiger charge is 2.12. The van der Waals surface area contributed by atoms with Gasteiger partial charge in [0.05, 0.1) is 23.6 Å². The van der Waals surface area contributed by atoms with Gasteiger partial charge in [-0.3, -0.25) is 4.98 Å². The Labute approximate surface area is 123 Å². The summed E-state index contributed by atoms with van der Waals surface area (Å²) >= 11 is 0. The number of hydrogen-bond donors (Lipinski definition) is 0. The van der Waals surface area contributed by atoms with E-state index in [0.29, 0.717) is 17.2 Å². The predicted octanol–water partition coefficient (Wildman–Crippen LogP) is 2.83. The molecule has 0 saturated heterocycles. The molecule has 0 aliphatic heterocycles. The molecule has 0 radical (unpaired) electrons. The normalized spacial score (nSPS) is 10.7. The number of carbonyl (C=O) groups is 1. The summed E-state index contributed by atoms with van der Waals surface area (Å²) in [5.41, 5.74) is 1.11. The Morgan fingerprint density at radius 1 is 1.33 bits per heavy atom. The van der Waals surface area contributed by atoms with Gasteiger partial charge in [0.2, 0.25) is 5.89 Å². The van der Waals surface area contributed by atoms with Gasteiger partial charge in [-0.2, -0.15) is 0 Å². The molecule has 6 nitrogen and oxygen atoms in total. The van der Waals surface area contributed by atoms with Gasteiger partial charge in [-0.15, -0.1) is 0 Å². The van der Waals surface area contributed by atoms with Crippen LogP contribution in [0.5, 0.6) is 5.75 Å². The third kappa shape index (κ3) is 4.05. The van der Waals surface area contributed by atoms with Gasteiger partial charge < -0.3 is 13.9 Å². The van der Waals surface area contributed by atoms with Crippen LogP contribution < -0.4 is 4.74 Å². The molecule has 2 heterocycles. The quantitative estimate of drug-likeness (QED) is 0.788. The molecule has 0 aliphatic carbocycles.